The van der Waals surface area contributed by atoms with Gasteiger partial charge in [-0.25, -0.2) is 4.98 Å². The van der Waals surface area contributed by atoms with E-state index in [2.05, 4.69) is 16.0 Å². The fraction of sp³-hybridized carbons (Fsp3) is 0.0952. The summed E-state index contributed by atoms with van der Waals surface area (Å²) >= 11 is 2.84. The Balaban J connectivity index is 1.18. The van der Waals surface area contributed by atoms with Crippen molar-refractivity contribution in [3.8, 4) is 17.0 Å². The van der Waals surface area contributed by atoms with Crippen LogP contribution in [0.2, 0.25) is 0 Å². The number of thiazole rings is 1. The molecule has 3 N–H and O–H groups in total. The normalized spacial score (nSPS) is 11.7. The molecule has 5 aromatic carbocycles. The zero-order valence-electron chi connectivity index (χ0n) is 28.5. The highest BCUT2D eigenvalue weighted by molar-refractivity contribution is 8.00. The molecule has 0 aliphatic heterocycles. The third-order valence-electron chi connectivity index (χ3n) is 7.81. The predicted octanol–water partition coefficient (Wildman–Crippen LogP) is 9.40. The fourth-order valence-electron chi connectivity index (χ4n) is 5.27. The topological polar surface area (TPSA) is 109 Å². The zero-order valence-corrected chi connectivity index (χ0v) is 30.2. The second kappa shape index (κ2) is 17.3. The van der Waals surface area contributed by atoms with Crippen molar-refractivity contribution in [3.63, 3.8) is 0 Å². The minimum absolute atomic E-state index is 0.0742. The van der Waals surface area contributed by atoms with Crippen LogP contribution in [-0.2, 0) is 9.59 Å². The highest BCUT2D eigenvalue weighted by atomic mass is 32.2. The first-order chi connectivity index (χ1) is 25.4. The summed E-state index contributed by atoms with van der Waals surface area (Å²) in [5.41, 5.74) is 4.42. The van der Waals surface area contributed by atoms with Crippen LogP contribution in [-0.4, -0.2) is 29.3 Å². The summed E-state index contributed by atoms with van der Waals surface area (Å²) in [6.45, 7) is 4.44. The number of ether oxygens (including phenoxy) is 1. The van der Waals surface area contributed by atoms with Crippen molar-refractivity contribution in [1.82, 2.24) is 10.3 Å². The molecule has 1 unspecified atom stereocenters. The number of nitrogens with one attached hydrogen (secondary N) is 3. The summed E-state index contributed by atoms with van der Waals surface area (Å²) < 4.78 is 5.54. The Hall–Kier alpha value is -5.97. The first-order valence-electron chi connectivity index (χ1n) is 16.6. The molecule has 0 saturated heterocycles. The molecule has 8 nitrogen and oxygen atoms in total. The molecular formula is C42H36N4O4S2. The molecule has 0 saturated carbocycles. The minimum Gasteiger partial charge on any atom is -0.494 e. The molecule has 3 amide bonds. The highest BCUT2D eigenvalue weighted by Crippen LogP contribution is 2.38. The first-order valence-corrected chi connectivity index (χ1v) is 18.3. The van der Waals surface area contributed by atoms with E-state index in [1.807, 2.05) is 117 Å². The average Bonchev–Trinajstić information content (AvgIpc) is 3.55. The van der Waals surface area contributed by atoms with E-state index in [0.29, 0.717) is 34.3 Å². The number of carbonyl (C=O) groups is 3. The van der Waals surface area contributed by atoms with Crippen LogP contribution in [0.15, 0.2) is 150 Å². The second-order valence-electron chi connectivity index (χ2n) is 11.5. The number of hydrogen-bond acceptors (Lipinski definition) is 7. The lowest BCUT2D eigenvalue weighted by Gasteiger charge is -2.17. The molecule has 0 radical (unpaired) electrons. The molecule has 0 spiro atoms. The Bertz CT molecular complexity index is 2150. The van der Waals surface area contributed by atoms with E-state index < -0.39 is 17.1 Å². The van der Waals surface area contributed by atoms with Crippen LogP contribution in [0, 0.1) is 6.92 Å². The number of aromatic nitrogens is 1. The van der Waals surface area contributed by atoms with Crippen molar-refractivity contribution < 1.29 is 19.1 Å². The number of thioether (sulfide) groups is 1. The van der Waals surface area contributed by atoms with Gasteiger partial charge in [0.2, 0.25) is 5.91 Å². The van der Waals surface area contributed by atoms with Gasteiger partial charge in [-0.2, -0.15) is 0 Å². The fourth-order valence-corrected chi connectivity index (χ4v) is 7.14. The number of nitrogens with zero attached hydrogens (tertiary/aromatic N) is 1. The summed E-state index contributed by atoms with van der Waals surface area (Å²) in [4.78, 5) is 47.0. The lowest BCUT2D eigenvalue weighted by molar-refractivity contribution is -0.116. The Morgan fingerprint density at radius 1 is 0.788 bits per heavy atom. The van der Waals surface area contributed by atoms with Crippen LogP contribution < -0.4 is 20.7 Å². The Labute approximate surface area is 311 Å². The highest BCUT2D eigenvalue weighted by Gasteiger charge is 2.24. The van der Waals surface area contributed by atoms with E-state index >= 15 is 0 Å². The standard InChI is InChI=1S/C42H36N4O4S2/c1-3-50-34-23-19-29(20-24-34)27-36(44-39(47)32-17-11-6-12-18-32)40(48)43-33-21-25-35(26-22-33)52-38(31-15-9-5-10-16-31)41(49)46-42-45-37(28(2)51-42)30-13-7-4-8-14-30/h4-27,38H,3H2,1-2H3,(H,43,48)(H,44,47)(H,45,46,49)/b36-27-. The van der Waals surface area contributed by atoms with E-state index in [4.69, 9.17) is 9.72 Å². The number of benzene rings is 5. The molecule has 0 aliphatic rings. The molecule has 1 aromatic heterocycles. The number of amides is 3. The quantitative estimate of drug-likeness (QED) is 0.0809. The van der Waals surface area contributed by atoms with Crippen LogP contribution in [0.5, 0.6) is 5.75 Å². The van der Waals surface area contributed by atoms with E-state index in [9.17, 15) is 14.4 Å². The Morgan fingerprint density at radius 2 is 1.42 bits per heavy atom. The maximum absolute atomic E-state index is 13.8. The van der Waals surface area contributed by atoms with Crippen LogP contribution in [0.3, 0.4) is 0 Å². The molecule has 6 rings (SSSR count). The largest absolute Gasteiger partial charge is 0.494 e. The van der Waals surface area contributed by atoms with Gasteiger partial charge in [-0.15, -0.1) is 23.1 Å². The lowest BCUT2D eigenvalue weighted by Crippen LogP contribution is -2.30. The van der Waals surface area contributed by atoms with Crippen molar-refractivity contribution in [2.24, 2.45) is 0 Å². The van der Waals surface area contributed by atoms with Gasteiger partial charge in [-0.3, -0.25) is 14.4 Å². The van der Waals surface area contributed by atoms with Gasteiger partial charge in [0.1, 0.15) is 16.7 Å². The zero-order chi connectivity index (χ0) is 36.3. The summed E-state index contributed by atoms with van der Waals surface area (Å²) in [7, 11) is 0. The second-order valence-corrected chi connectivity index (χ2v) is 13.9. The number of rotatable bonds is 13. The van der Waals surface area contributed by atoms with Crippen molar-refractivity contribution >= 4 is 57.7 Å². The number of aryl methyl sites for hydroxylation is 1. The maximum Gasteiger partial charge on any atom is 0.272 e. The van der Waals surface area contributed by atoms with Gasteiger partial charge in [0.25, 0.3) is 11.8 Å². The van der Waals surface area contributed by atoms with Gasteiger partial charge in [0.15, 0.2) is 5.13 Å². The summed E-state index contributed by atoms with van der Waals surface area (Å²) in [5, 5.41) is 8.68. The van der Waals surface area contributed by atoms with E-state index in [-0.39, 0.29) is 11.6 Å². The van der Waals surface area contributed by atoms with Gasteiger partial charge in [0, 0.05) is 26.6 Å². The van der Waals surface area contributed by atoms with Crippen LogP contribution >= 0.6 is 23.1 Å². The number of carbonyl (C=O) groups excluding carboxylic acids is 3. The van der Waals surface area contributed by atoms with Crippen molar-refractivity contribution in [2.45, 2.75) is 24.0 Å². The smallest absolute Gasteiger partial charge is 0.272 e. The number of hydrogen-bond donors (Lipinski definition) is 3. The average molecular weight is 725 g/mol. The van der Waals surface area contributed by atoms with Crippen LogP contribution in [0.1, 0.15) is 38.5 Å². The predicted molar refractivity (Wildman–Crippen MR) is 211 cm³/mol. The molecule has 6 aromatic rings. The van der Waals surface area contributed by atoms with Crippen LogP contribution in [0.25, 0.3) is 17.3 Å². The molecule has 1 atom stereocenters. The first kappa shape index (κ1) is 35.8. The molecular weight excluding hydrogens is 689 g/mol. The van der Waals surface area contributed by atoms with Gasteiger partial charge in [-0.05, 0) is 79.6 Å². The Kier molecular flexibility index (Phi) is 11.9. The van der Waals surface area contributed by atoms with Crippen molar-refractivity contribution in [2.75, 3.05) is 17.2 Å². The van der Waals surface area contributed by atoms with Gasteiger partial charge >= 0.3 is 0 Å². The van der Waals surface area contributed by atoms with Crippen LogP contribution in [0.4, 0.5) is 10.8 Å². The molecule has 260 valence electrons. The molecule has 1 heterocycles. The molecule has 0 bridgehead atoms. The van der Waals surface area contributed by atoms with E-state index in [1.165, 1.54) is 23.1 Å². The van der Waals surface area contributed by atoms with Crippen molar-refractivity contribution in [1.29, 1.82) is 0 Å². The molecule has 52 heavy (non-hydrogen) atoms. The lowest BCUT2D eigenvalue weighted by atomic mass is 10.1. The SMILES string of the molecule is CCOc1ccc(/C=C(\NC(=O)c2ccccc2)C(=O)Nc2ccc(SC(C(=O)Nc3nc(-c4ccccc4)c(C)s3)c3ccccc3)cc2)cc1. The maximum atomic E-state index is 13.8. The molecule has 0 aliphatic carbocycles. The summed E-state index contributed by atoms with van der Waals surface area (Å²) in [6.07, 6.45) is 1.62. The monoisotopic (exact) mass is 724 g/mol. The Morgan fingerprint density at radius 3 is 2.08 bits per heavy atom. The van der Waals surface area contributed by atoms with Gasteiger partial charge in [-0.1, -0.05) is 91.0 Å². The summed E-state index contributed by atoms with van der Waals surface area (Å²) in [5.74, 6) is -0.387. The summed E-state index contributed by atoms with van der Waals surface area (Å²) in [6, 6.07) is 42.7. The van der Waals surface area contributed by atoms with Gasteiger partial charge < -0.3 is 20.7 Å². The molecule has 0 fully saturated rings. The third kappa shape index (κ3) is 9.42. The third-order valence-corrected chi connectivity index (χ3v) is 9.96. The van der Waals surface area contributed by atoms with E-state index in [1.54, 1.807) is 42.5 Å². The van der Waals surface area contributed by atoms with Crippen molar-refractivity contribution in [3.05, 3.63) is 167 Å². The number of anilines is 2. The minimum atomic E-state index is -0.567. The molecule has 10 heteroatoms. The van der Waals surface area contributed by atoms with E-state index in [0.717, 1.165) is 26.6 Å². The van der Waals surface area contributed by atoms with Gasteiger partial charge in [0.05, 0.1) is 12.3 Å².